The topological polar surface area (TPSA) is 86.7 Å². The van der Waals surface area contributed by atoms with Crippen molar-refractivity contribution in [2.75, 3.05) is 0 Å². The van der Waals surface area contributed by atoms with Crippen LogP contribution in [0.1, 0.15) is 173 Å². The molecule has 0 unspecified atom stereocenters. The number of ketones is 2. The standard InChI is InChI=1S/C40H52O6/c1-39(2,23-11-17-35(41)45-29-13-7-5-8-14-29)27-19-21-31-33(25-27)37(43)32-22-20-28(26-34(32)38(31)44)40(3,4)24-12-18-36(42)46-30-15-9-6-10-16-30/h19-22,25-26,29-30H,5-18,23-24H2,1-4H3. The van der Waals surface area contributed by atoms with Gasteiger partial charge < -0.3 is 9.47 Å². The van der Waals surface area contributed by atoms with Crippen molar-refractivity contribution in [3.63, 3.8) is 0 Å². The fourth-order valence-corrected chi connectivity index (χ4v) is 7.49. The highest BCUT2D eigenvalue weighted by Gasteiger charge is 2.33. The number of carbonyl (C=O) groups excluding carboxylic acids is 4. The van der Waals surface area contributed by atoms with Crippen LogP contribution < -0.4 is 0 Å². The quantitative estimate of drug-likeness (QED) is 0.186. The van der Waals surface area contributed by atoms with Gasteiger partial charge in [0.15, 0.2) is 11.6 Å². The lowest BCUT2D eigenvalue weighted by molar-refractivity contribution is -0.151. The highest BCUT2D eigenvalue weighted by molar-refractivity contribution is 6.28. The molecule has 0 atom stereocenters. The summed E-state index contributed by atoms with van der Waals surface area (Å²) in [5.74, 6) is -0.503. The van der Waals surface area contributed by atoms with Crippen molar-refractivity contribution in [3.8, 4) is 0 Å². The van der Waals surface area contributed by atoms with Crippen LogP contribution in [0.5, 0.6) is 0 Å². The fourth-order valence-electron chi connectivity index (χ4n) is 7.49. The summed E-state index contributed by atoms with van der Waals surface area (Å²) in [7, 11) is 0. The summed E-state index contributed by atoms with van der Waals surface area (Å²) in [5, 5.41) is 0. The lowest BCUT2D eigenvalue weighted by atomic mass is 9.74. The van der Waals surface area contributed by atoms with Crippen LogP contribution in [0.3, 0.4) is 0 Å². The largest absolute Gasteiger partial charge is 0.462 e. The summed E-state index contributed by atoms with van der Waals surface area (Å²) < 4.78 is 11.4. The molecule has 0 aromatic heterocycles. The Bertz CT molecular complexity index is 1330. The van der Waals surface area contributed by atoms with Crippen LogP contribution in [0.25, 0.3) is 0 Å². The third-order valence-corrected chi connectivity index (χ3v) is 10.6. The van der Waals surface area contributed by atoms with E-state index in [1.165, 1.54) is 12.8 Å². The summed E-state index contributed by atoms with van der Waals surface area (Å²) in [6.45, 7) is 8.48. The maximum Gasteiger partial charge on any atom is 0.306 e. The molecule has 0 spiro atoms. The van der Waals surface area contributed by atoms with Gasteiger partial charge in [0.25, 0.3) is 0 Å². The lowest BCUT2D eigenvalue weighted by Crippen LogP contribution is -2.26. The maximum absolute atomic E-state index is 13.7. The fraction of sp³-hybridized carbons (Fsp3) is 0.600. The second-order valence-electron chi connectivity index (χ2n) is 15.2. The van der Waals surface area contributed by atoms with Gasteiger partial charge in [0.2, 0.25) is 0 Å². The van der Waals surface area contributed by atoms with E-state index in [1.54, 1.807) is 12.1 Å². The number of rotatable bonds is 12. The first-order chi connectivity index (χ1) is 21.9. The highest BCUT2D eigenvalue weighted by Crippen LogP contribution is 2.37. The zero-order chi connectivity index (χ0) is 32.9. The van der Waals surface area contributed by atoms with Crippen molar-refractivity contribution >= 4 is 23.5 Å². The minimum Gasteiger partial charge on any atom is -0.462 e. The third-order valence-electron chi connectivity index (χ3n) is 10.6. The molecule has 2 fully saturated rings. The van der Waals surface area contributed by atoms with E-state index < -0.39 is 0 Å². The molecule has 0 heterocycles. The summed E-state index contributed by atoms with van der Waals surface area (Å²) >= 11 is 0. The molecule has 0 radical (unpaired) electrons. The Balaban J connectivity index is 1.20. The molecule has 0 aliphatic heterocycles. The molecule has 5 rings (SSSR count). The van der Waals surface area contributed by atoms with Gasteiger partial charge in [-0.1, -0.05) is 52.7 Å². The summed E-state index contributed by atoms with van der Waals surface area (Å²) in [5.41, 5.74) is 3.18. The molecule has 46 heavy (non-hydrogen) atoms. The van der Waals surface area contributed by atoms with Crippen LogP contribution in [0.2, 0.25) is 0 Å². The number of esters is 2. The first-order valence-corrected chi connectivity index (χ1v) is 17.7. The van der Waals surface area contributed by atoms with Gasteiger partial charge >= 0.3 is 11.9 Å². The number of hydrogen-bond donors (Lipinski definition) is 0. The van der Waals surface area contributed by atoms with Crippen molar-refractivity contribution < 1.29 is 28.7 Å². The van der Waals surface area contributed by atoms with E-state index in [9.17, 15) is 19.2 Å². The second-order valence-corrected chi connectivity index (χ2v) is 15.2. The Morgan fingerprint density at radius 3 is 1.33 bits per heavy atom. The molecular weight excluding hydrogens is 576 g/mol. The zero-order valence-electron chi connectivity index (χ0n) is 28.4. The molecular formula is C40H52O6. The predicted octanol–water partition coefficient (Wildman–Crippen LogP) is 9.11. The van der Waals surface area contributed by atoms with Gasteiger partial charge in [-0.25, -0.2) is 0 Å². The van der Waals surface area contributed by atoms with Crippen molar-refractivity contribution in [1.82, 2.24) is 0 Å². The molecule has 2 aromatic rings. The first kappa shape index (κ1) is 34.1. The van der Waals surface area contributed by atoms with Crippen LogP contribution in [0, 0.1) is 0 Å². The molecule has 2 saturated carbocycles. The number of fused-ring (bicyclic) bond motifs is 2. The molecule has 0 bridgehead atoms. The molecule has 0 N–H and O–H groups in total. The molecule has 6 heteroatoms. The van der Waals surface area contributed by atoms with Crippen LogP contribution in [-0.2, 0) is 29.9 Å². The second kappa shape index (κ2) is 14.6. The predicted molar refractivity (Wildman–Crippen MR) is 179 cm³/mol. The monoisotopic (exact) mass is 628 g/mol. The molecule has 2 aromatic carbocycles. The molecule has 0 amide bonds. The van der Waals surface area contributed by atoms with E-state index in [1.807, 2.05) is 24.3 Å². The van der Waals surface area contributed by atoms with Crippen LogP contribution in [0.15, 0.2) is 36.4 Å². The molecule has 6 nitrogen and oxygen atoms in total. The van der Waals surface area contributed by atoms with E-state index in [0.717, 1.165) is 75.3 Å². The summed E-state index contributed by atoms with van der Waals surface area (Å²) in [6.07, 6.45) is 14.7. The van der Waals surface area contributed by atoms with E-state index in [4.69, 9.17) is 9.47 Å². The summed E-state index contributed by atoms with van der Waals surface area (Å²) in [6, 6.07) is 11.3. The third kappa shape index (κ3) is 8.16. The van der Waals surface area contributed by atoms with Gasteiger partial charge in [-0.2, -0.15) is 0 Å². The average molecular weight is 629 g/mol. The summed E-state index contributed by atoms with van der Waals surface area (Å²) in [4.78, 5) is 52.3. The Hall–Kier alpha value is -3.28. The Kier molecular flexibility index (Phi) is 10.8. The van der Waals surface area contributed by atoms with E-state index in [0.29, 0.717) is 47.9 Å². The zero-order valence-corrected chi connectivity index (χ0v) is 28.4. The van der Waals surface area contributed by atoms with Crippen molar-refractivity contribution in [2.45, 2.75) is 153 Å². The number of hydrogen-bond acceptors (Lipinski definition) is 6. The van der Waals surface area contributed by atoms with E-state index in [-0.39, 0.29) is 46.5 Å². The Morgan fingerprint density at radius 1 is 0.587 bits per heavy atom. The van der Waals surface area contributed by atoms with Crippen molar-refractivity contribution in [3.05, 3.63) is 69.8 Å². The Morgan fingerprint density at radius 2 is 0.957 bits per heavy atom. The normalized spacial score (nSPS) is 17.7. The number of benzene rings is 2. The van der Waals surface area contributed by atoms with Crippen LogP contribution in [-0.4, -0.2) is 35.7 Å². The van der Waals surface area contributed by atoms with Crippen LogP contribution in [0.4, 0.5) is 0 Å². The molecule has 3 aliphatic carbocycles. The molecule has 0 saturated heterocycles. The molecule has 248 valence electrons. The molecule has 3 aliphatic rings. The first-order valence-electron chi connectivity index (χ1n) is 17.7. The van der Waals surface area contributed by atoms with Gasteiger partial charge in [-0.05, 0) is 123 Å². The Labute approximate surface area is 275 Å². The number of ether oxygens (including phenoxy) is 2. The van der Waals surface area contributed by atoms with Gasteiger partial charge in [0.05, 0.1) is 0 Å². The minimum absolute atomic E-state index is 0.0740. The van der Waals surface area contributed by atoms with Crippen molar-refractivity contribution in [1.29, 1.82) is 0 Å². The highest BCUT2D eigenvalue weighted by atomic mass is 16.5. The van der Waals surface area contributed by atoms with Gasteiger partial charge in [0, 0.05) is 35.1 Å². The van der Waals surface area contributed by atoms with E-state index >= 15 is 0 Å². The van der Waals surface area contributed by atoms with E-state index in [2.05, 4.69) is 27.7 Å². The SMILES string of the molecule is CC(C)(CCCC(=O)OC1CCCCC1)c1ccc2c(c1)C(=O)c1ccc(C(C)(C)CCCC(=O)OC3CCCCC3)cc1C2=O. The van der Waals surface area contributed by atoms with Crippen LogP contribution >= 0.6 is 0 Å². The average Bonchev–Trinajstić information content (AvgIpc) is 3.04. The minimum atomic E-state index is -0.277. The smallest absolute Gasteiger partial charge is 0.306 e. The van der Waals surface area contributed by atoms with Gasteiger partial charge in [0.1, 0.15) is 12.2 Å². The van der Waals surface area contributed by atoms with Crippen molar-refractivity contribution in [2.24, 2.45) is 0 Å². The number of carbonyl (C=O) groups is 4. The lowest BCUT2D eigenvalue weighted by Gasteiger charge is -2.29. The maximum atomic E-state index is 13.7. The van der Waals surface area contributed by atoms with Gasteiger partial charge in [-0.15, -0.1) is 0 Å². The van der Waals surface area contributed by atoms with Gasteiger partial charge in [-0.3, -0.25) is 19.2 Å².